The Kier molecular flexibility index (Phi) is 7.48. The molecule has 4 rings (SSSR count). The van der Waals surface area contributed by atoms with Crippen molar-refractivity contribution in [1.82, 2.24) is 10.3 Å². The molecule has 3 aromatic rings. The Hall–Kier alpha value is -3.93. The maximum atomic E-state index is 11.6. The lowest BCUT2D eigenvalue weighted by Gasteiger charge is -2.20. The summed E-state index contributed by atoms with van der Waals surface area (Å²) in [5.41, 5.74) is 6.14. The van der Waals surface area contributed by atoms with Gasteiger partial charge in [0.15, 0.2) is 6.61 Å². The molecule has 6 heteroatoms. The predicted molar refractivity (Wildman–Crippen MR) is 129 cm³/mol. The highest BCUT2D eigenvalue weighted by Gasteiger charge is 2.17. The average molecular weight is 442 g/mol. The summed E-state index contributed by atoms with van der Waals surface area (Å²) in [7, 11) is 1.60. The quantitative estimate of drug-likeness (QED) is 0.304. The van der Waals surface area contributed by atoms with E-state index in [4.69, 9.17) is 9.57 Å². The van der Waals surface area contributed by atoms with Crippen molar-refractivity contribution >= 4 is 17.2 Å². The van der Waals surface area contributed by atoms with Gasteiger partial charge in [-0.2, -0.15) is 0 Å². The second-order valence-corrected chi connectivity index (χ2v) is 7.64. The van der Waals surface area contributed by atoms with Crippen LogP contribution in [0.4, 0.5) is 0 Å². The van der Waals surface area contributed by atoms with Gasteiger partial charge in [-0.05, 0) is 42.2 Å². The van der Waals surface area contributed by atoms with E-state index < -0.39 is 0 Å². The second kappa shape index (κ2) is 11.1. The lowest BCUT2D eigenvalue weighted by molar-refractivity contribution is -0.122. The average Bonchev–Trinajstić information content (AvgIpc) is 2.88. The van der Waals surface area contributed by atoms with Gasteiger partial charge in [0.2, 0.25) is 0 Å². The number of oxime groups is 1. The summed E-state index contributed by atoms with van der Waals surface area (Å²) in [4.78, 5) is 21.6. The van der Waals surface area contributed by atoms with E-state index in [-0.39, 0.29) is 12.5 Å². The van der Waals surface area contributed by atoms with E-state index in [1.807, 2.05) is 54.6 Å². The molecule has 0 saturated carbocycles. The van der Waals surface area contributed by atoms with Crippen LogP contribution in [0.5, 0.6) is 5.75 Å². The van der Waals surface area contributed by atoms with Crippen molar-refractivity contribution in [3.63, 3.8) is 0 Å². The second-order valence-electron chi connectivity index (χ2n) is 7.64. The van der Waals surface area contributed by atoms with Gasteiger partial charge in [0.05, 0.1) is 0 Å². The summed E-state index contributed by atoms with van der Waals surface area (Å²) in [5.74, 6) is 0.622. The molecular weight excluding hydrogens is 414 g/mol. The molecule has 33 heavy (non-hydrogen) atoms. The highest BCUT2D eigenvalue weighted by molar-refractivity contribution is 6.12. The summed E-state index contributed by atoms with van der Waals surface area (Å²) in [6.45, 7) is 0.464. The first kappa shape index (κ1) is 22.3. The minimum atomic E-state index is -0.145. The van der Waals surface area contributed by atoms with Crippen LogP contribution in [0.1, 0.15) is 35.1 Å². The van der Waals surface area contributed by atoms with Crippen molar-refractivity contribution in [2.75, 3.05) is 20.3 Å². The summed E-state index contributed by atoms with van der Waals surface area (Å²) < 4.78 is 5.76. The zero-order valence-electron chi connectivity index (χ0n) is 18.7. The molecule has 0 saturated heterocycles. The first-order valence-electron chi connectivity index (χ1n) is 11.1. The summed E-state index contributed by atoms with van der Waals surface area (Å²) in [6.07, 6.45) is 8.32. The first-order valence-corrected chi connectivity index (χ1v) is 11.1. The van der Waals surface area contributed by atoms with Crippen LogP contribution in [0.2, 0.25) is 0 Å². The number of rotatable bonds is 9. The number of nitrogens with one attached hydrogen (secondary N) is 1. The first-order chi connectivity index (χ1) is 16.3. The van der Waals surface area contributed by atoms with Crippen LogP contribution in [-0.2, 0) is 16.1 Å². The van der Waals surface area contributed by atoms with Crippen LogP contribution in [0.25, 0.3) is 5.57 Å². The summed E-state index contributed by atoms with van der Waals surface area (Å²) >= 11 is 0. The van der Waals surface area contributed by atoms with E-state index >= 15 is 0 Å². The molecule has 0 atom stereocenters. The number of nitrogens with zero attached hydrogens (tertiary/aromatic N) is 2. The number of likely N-dealkylation sites (N-methyl/N-ethyl adjacent to an activating group) is 1. The van der Waals surface area contributed by atoms with E-state index in [9.17, 15) is 4.79 Å². The topological polar surface area (TPSA) is 72.8 Å². The number of ether oxygens (including phenoxy) is 1. The van der Waals surface area contributed by atoms with Gasteiger partial charge in [0.1, 0.15) is 18.1 Å². The molecule has 1 heterocycles. The molecule has 0 spiro atoms. The zero-order chi connectivity index (χ0) is 22.9. The Morgan fingerprint density at radius 1 is 1.06 bits per heavy atom. The Labute approximate surface area is 194 Å². The van der Waals surface area contributed by atoms with Crippen LogP contribution < -0.4 is 10.1 Å². The van der Waals surface area contributed by atoms with Crippen LogP contribution in [0.15, 0.2) is 84.3 Å². The summed E-state index contributed by atoms with van der Waals surface area (Å²) in [5, 5.41) is 7.04. The summed E-state index contributed by atoms with van der Waals surface area (Å²) in [6, 6.07) is 19.8. The van der Waals surface area contributed by atoms with Gasteiger partial charge in [0.25, 0.3) is 5.91 Å². The van der Waals surface area contributed by atoms with Gasteiger partial charge in [-0.15, -0.1) is 0 Å². The number of benzene rings is 2. The van der Waals surface area contributed by atoms with Crippen molar-refractivity contribution in [2.24, 2.45) is 5.16 Å². The molecule has 2 aromatic carbocycles. The minimum absolute atomic E-state index is 0.0143. The van der Waals surface area contributed by atoms with E-state index in [0.717, 1.165) is 53.0 Å². The Balaban J connectivity index is 1.45. The largest absolute Gasteiger partial charge is 0.483 e. The number of hydrogen-bond donors (Lipinski definition) is 1. The molecule has 1 aliphatic rings. The maximum absolute atomic E-state index is 11.6. The molecule has 0 aliphatic heterocycles. The van der Waals surface area contributed by atoms with Crippen LogP contribution in [0.3, 0.4) is 0 Å². The molecule has 1 amide bonds. The number of allylic oxidation sites excluding steroid dienone is 1. The Bertz CT molecular complexity index is 1100. The standard InChI is InChI=1S/C27H27N3O3/c1-28-26(31)19-32-25-14-6-12-23-20(10-5-13-24(23)25)15-17-33-30-27(21-8-3-2-4-9-21)22-11-7-16-29-18-22/h2-4,6-12,14,16,18H,5,13,15,17,19H2,1H3,(H,28,31). The Morgan fingerprint density at radius 2 is 1.91 bits per heavy atom. The number of amides is 1. The Morgan fingerprint density at radius 3 is 2.70 bits per heavy atom. The number of carbonyl (C=O) groups excluding carboxylic acids is 1. The number of fused-ring (bicyclic) bond motifs is 1. The lowest BCUT2D eigenvalue weighted by atomic mass is 9.89. The monoisotopic (exact) mass is 441 g/mol. The molecule has 1 aliphatic carbocycles. The van der Waals surface area contributed by atoms with Gasteiger partial charge in [0, 0.05) is 42.6 Å². The molecule has 168 valence electrons. The highest BCUT2D eigenvalue weighted by Crippen LogP contribution is 2.34. The molecular formula is C27H27N3O3. The molecule has 6 nitrogen and oxygen atoms in total. The van der Waals surface area contributed by atoms with Crippen molar-refractivity contribution in [1.29, 1.82) is 0 Å². The molecule has 0 unspecified atom stereocenters. The zero-order valence-corrected chi connectivity index (χ0v) is 18.7. The van der Waals surface area contributed by atoms with Gasteiger partial charge in [-0.3, -0.25) is 9.78 Å². The fourth-order valence-corrected chi connectivity index (χ4v) is 3.85. The van der Waals surface area contributed by atoms with E-state index in [2.05, 4.69) is 27.6 Å². The van der Waals surface area contributed by atoms with Gasteiger partial charge in [-0.1, -0.05) is 53.7 Å². The van der Waals surface area contributed by atoms with Crippen LogP contribution in [-0.4, -0.2) is 36.9 Å². The fraction of sp³-hybridized carbons (Fsp3) is 0.222. The van der Waals surface area contributed by atoms with E-state index in [1.165, 1.54) is 5.57 Å². The fourth-order valence-electron chi connectivity index (χ4n) is 3.85. The van der Waals surface area contributed by atoms with E-state index in [0.29, 0.717) is 6.61 Å². The number of hydrogen-bond acceptors (Lipinski definition) is 5. The predicted octanol–water partition coefficient (Wildman–Crippen LogP) is 4.40. The molecule has 1 aromatic heterocycles. The minimum Gasteiger partial charge on any atom is -0.483 e. The number of pyridine rings is 1. The molecule has 1 N–H and O–H groups in total. The van der Waals surface area contributed by atoms with Crippen molar-refractivity contribution in [2.45, 2.75) is 19.3 Å². The molecule has 0 radical (unpaired) electrons. The third-order valence-electron chi connectivity index (χ3n) is 5.50. The SMILES string of the molecule is CNC(=O)COc1cccc2c1CCC=C2CCON=C(c1ccccc1)c1cccnc1. The molecule has 0 bridgehead atoms. The third kappa shape index (κ3) is 5.66. The van der Waals surface area contributed by atoms with Crippen molar-refractivity contribution < 1.29 is 14.4 Å². The highest BCUT2D eigenvalue weighted by atomic mass is 16.6. The number of carbonyl (C=O) groups is 1. The van der Waals surface area contributed by atoms with E-state index in [1.54, 1.807) is 19.4 Å². The third-order valence-corrected chi connectivity index (χ3v) is 5.50. The normalized spacial score (nSPS) is 13.0. The van der Waals surface area contributed by atoms with Crippen LogP contribution in [0, 0.1) is 0 Å². The van der Waals surface area contributed by atoms with Crippen molar-refractivity contribution in [3.05, 3.63) is 101 Å². The van der Waals surface area contributed by atoms with Gasteiger partial charge >= 0.3 is 0 Å². The van der Waals surface area contributed by atoms with Gasteiger partial charge < -0.3 is 14.9 Å². The van der Waals surface area contributed by atoms with Crippen molar-refractivity contribution in [3.8, 4) is 5.75 Å². The lowest BCUT2D eigenvalue weighted by Crippen LogP contribution is -2.25. The smallest absolute Gasteiger partial charge is 0.257 e. The van der Waals surface area contributed by atoms with Gasteiger partial charge in [-0.25, -0.2) is 0 Å². The number of aromatic nitrogens is 1. The molecule has 0 fully saturated rings. The van der Waals surface area contributed by atoms with Crippen LogP contribution >= 0.6 is 0 Å². The maximum Gasteiger partial charge on any atom is 0.257 e.